The Bertz CT molecular complexity index is 726. The van der Waals surface area contributed by atoms with Gasteiger partial charge in [0.1, 0.15) is 17.5 Å². The molecule has 2 heterocycles. The van der Waals surface area contributed by atoms with Crippen molar-refractivity contribution in [3.8, 4) is 17.2 Å². The second kappa shape index (κ2) is 5.98. The maximum absolute atomic E-state index is 9.44. The molecule has 0 saturated carbocycles. The minimum atomic E-state index is 0.218. The van der Waals surface area contributed by atoms with Gasteiger partial charge in [0.25, 0.3) is 0 Å². The van der Waals surface area contributed by atoms with Crippen molar-refractivity contribution in [3.63, 3.8) is 0 Å². The van der Waals surface area contributed by atoms with Crippen LogP contribution in [0.2, 0.25) is 0 Å². The molecule has 0 saturated heterocycles. The van der Waals surface area contributed by atoms with Gasteiger partial charge in [-0.2, -0.15) is 5.26 Å². The molecule has 0 fully saturated rings. The molecule has 0 radical (unpaired) electrons. The van der Waals surface area contributed by atoms with Gasteiger partial charge in [-0.15, -0.1) is 0 Å². The first-order valence-corrected chi connectivity index (χ1v) is 7.06. The smallest absolute Gasteiger partial charge is 0.224 e. The van der Waals surface area contributed by atoms with E-state index in [2.05, 4.69) is 34.9 Å². The summed E-state index contributed by atoms with van der Waals surface area (Å²) < 4.78 is 0. The molecule has 0 aliphatic carbocycles. The summed E-state index contributed by atoms with van der Waals surface area (Å²) in [4.78, 5) is 14.8. The summed E-state index contributed by atoms with van der Waals surface area (Å²) in [5.41, 5.74) is 9.73. The predicted octanol–water partition coefficient (Wildman–Crippen LogP) is 2.49. The van der Waals surface area contributed by atoms with E-state index in [9.17, 15) is 5.26 Å². The molecule has 22 heavy (non-hydrogen) atoms. The van der Waals surface area contributed by atoms with E-state index in [0.717, 1.165) is 22.4 Å². The van der Waals surface area contributed by atoms with Crippen LogP contribution in [0, 0.1) is 18.3 Å². The minimum absolute atomic E-state index is 0.218. The van der Waals surface area contributed by atoms with Crippen molar-refractivity contribution >= 4 is 11.8 Å². The third-order valence-corrected chi connectivity index (χ3v) is 3.49. The molecule has 0 unspecified atom stereocenters. The lowest BCUT2D eigenvalue weighted by Crippen LogP contribution is -2.12. The molecule has 2 aromatic heterocycles. The Morgan fingerprint density at radius 3 is 2.27 bits per heavy atom. The van der Waals surface area contributed by atoms with Crippen LogP contribution in [0.1, 0.15) is 36.6 Å². The molecule has 0 aromatic carbocycles. The normalized spacial score (nSPS) is 10.6. The van der Waals surface area contributed by atoms with Crippen molar-refractivity contribution in [2.75, 3.05) is 24.7 Å². The van der Waals surface area contributed by atoms with Crippen molar-refractivity contribution in [1.82, 2.24) is 15.0 Å². The van der Waals surface area contributed by atoms with Crippen LogP contribution in [-0.2, 0) is 0 Å². The first-order valence-electron chi connectivity index (χ1n) is 7.06. The summed E-state index contributed by atoms with van der Waals surface area (Å²) in [5.74, 6) is 1.09. The zero-order valence-corrected chi connectivity index (χ0v) is 13.5. The Kier molecular flexibility index (Phi) is 4.27. The largest absolute Gasteiger partial charge is 0.383 e. The van der Waals surface area contributed by atoms with Crippen molar-refractivity contribution in [3.05, 3.63) is 29.2 Å². The summed E-state index contributed by atoms with van der Waals surface area (Å²) in [5, 5.41) is 9.44. The number of hydrogen-bond acceptors (Lipinski definition) is 6. The lowest BCUT2D eigenvalue weighted by molar-refractivity contribution is 0.814. The molecule has 114 valence electrons. The summed E-state index contributed by atoms with van der Waals surface area (Å²) in [6.45, 7) is 6.06. The number of rotatable bonds is 3. The average Bonchev–Trinajstić information content (AvgIpc) is 2.48. The monoisotopic (exact) mass is 296 g/mol. The molecule has 0 aliphatic heterocycles. The molecule has 0 spiro atoms. The minimum Gasteiger partial charge on any atom is -0.383 e. The maximum atomic E-state index is 9.44. The van der Waals surface area contributed by atoms with Gasteiger partial charge >= 0.3 is 0 Å². The Morgan fingerprint density at radius 1 is 1.23 bits per heavy atom. The van der Waals surface area contributed by atoms with E-state index < -0.39 is 0 Å². The second-order valence-electron chi connectivity index (χ2n) is 5.69. The van der Waals surface area contributed by atoms with Crippen molar-refractivity contribution in [1.29, 1.82) is 5.26 Å². The Morgan fingerprint density at radius 2 is 1.82 bits per heavy atom. The van der Waals surface area contributed by atoms with Crippen LogP contribution in [0.4, 0.5) is 11.8 Å². The number of aromatic nitrogens is 3. The highest BCUT2D eigenvalue weighted by Gasteiger charge is 2.19. The van der Waals surface area contributed by atoms with Crippen LogP contribution in [0.5, 0.6) is 0 Å². The number of anilines is 2. The Hall–Kier alpha value is -2.68. The number of nitriles is 1. The number of nitrogens with zero attached hydrogens (tertiary/aromatic N) is 5. The van der Waals surface area contributed by atoms with E-state index in [-0.39, 0.29) is 11.7 Å². The van der Waals surface area contributed by atoms with E-state index >= 15 is 0 Å². The standard InChI is InChI=1S/C16H20N6/c1-9(2)14-10(3)13(12(6-17)15(18)21-14)11-7-19-16(20-8-11)22(4)5/h7-9H,1-5H3,(H2,18,21). The highest BCUT2D eigenvalue weighted by Crippen LogP contribution is 2.33. The van der Waals surface area contributed by atoms with Crippen molar-refractivity contribution < 1.29 is 0 Å². The molecule has 2 rings (SSSR count). The lowest BCUT2D eigenvalue weighted by Gasteiger charge is -2.17. The van der Waals surface area contributed by atoms with E-state index in [1.807, 2.05) is 25.9 Å². The van der Waals surface area contributed by atoms with Crippen molar-refractivity contribution in [2.45, 2.75) is 26.7 Å². The first-order chi connectivity index (χ1) is 10.4. The fraction of sp³-hybridized carbons (Fsp3) is 0.375. The van der Waals surface area contributed by atoms with Crippen molar-refractivity contribution in [2.24, 2.45) is 0 Å². The zero-order chi connectivity index (χ0) is 16.4. The van der Waals surface area contributed by atoms with E-state index in [1.54, 1.807) is 12.4 Å². The highest BCUT2D eigenvalue weighted by atomic mass is 15.2. The van der Waals surface area contributed by atoms with Gasteiger partial charge in [0, 0.05) is 43.3 Å². The number of nitrogen functional groups attached to an aromatic ring is 1. The molecular weight excluding hydrogens is 276 g/mol. The quantitative estimate of drug-likeness (QED) is 0.935. The van der Waals surface area contributed by atoms with Gasteiger partial charge in [0.05, 0.1) is 0 Å². The molecule has 0 bridgehead atoms. The predicted molar refractivity (Wildman–Crippen MR) is 87.5 cm³/mol. The average molecular weight is 296 g/mol. The maximum Gasteiger partial charge on any atom is 0.224 e. The zero-order valence-electron chi connectivity index (χ0n) is 13.5. The third-order valence-electron chi connectivity index (χ3n) is 3.49. The molecule has 6 nitrogen and oxygen atoms in total. The summed E-state index contributed by atoms with van der Waals surface area (Å²) in [6.07, 6.45) is 3.43. The van der Waals surface area contributed by atoms with Gasteiger partial charge in [-0.25, -0.2) is 15.0 Å². The molecule has 2 N–H and O–H groups in total. The van der Waals surface area contributed by atoms with Gasteiger partial charge < -0.3 is 10.6 Å². The van der Waals surface area contributed by atoms with Crippen LogP contribution < -0.4 is 10.6 Å². The first kappa shape index (κ1) is 15.7. The van der Waals surface area contributed by atoms with E-state index in [4.69, 9.17) is 5.73 Å². The molecule has 2 aromatic rings. The van der Waals surface area contributed by atoms with Crippen LogP contribution in [-0.4, -0.2) is 29.0 Å². The number of hydrogen-bond donors (Lipinski definition) is 1. The molecule has 0 aliphatic rings. The van der Waals surface area contributed by atoms with Gasteiger partial charge in [-0.1, -0.05) is 13.8 Å². The third kappa shape index (κ3) is 2.70. The molecule has 0 amide bonds. The van der Waals surface area contributed by atoms with Gasteiger partial charge in [-0.05, 0) is 18.4 Å². The fourth-order valence-electron chi connectivity index (χ4n) is 2.43. The van der Waals surface area contributed by atoms with Gasteiger partial charge in [-0.3, -0.25) is 0 Å². The van der Waals surface area contributed by atoms with Crippen LogP contribution in [0.25, 0.3) is 11.1 Å². The SMILES string of the molecule is Cc1c(C(C)C)nc(N)c(C#N)c1-c1cnc(N(C)C)nc1. The Balaban J connectivity index is 2.70. The van der Waals surface area contributed by atoms with E-state index in [0.29, 0.717) is 11.5 Å². The molecular formula is C16H20N6. The highest BCUT2D eigenvalue weighted by molar-refractivity contribution is 5.78. The number of pyridine rings is 1. The van der Waals surface area contributed by atoms with Crippen LogP contribution in [0.15, 0.2) is 12.4 Å². The topological polar surface area (TPSA) is 91.7 Å². The van der Waals surface area contributed by atoms with E-state index in [1.165, 1.54) is 0 Å². The number of nitrogens with two attached hydrogens (primary N) is 1. The van der Waals surface area contributed by atoms with Gasteiger partial charge in [0.15, 0.2) is 0 Å². The second-order valence-corrected chi connectivity index (χ2v) is 5.69. The fourth-order valence-corrected chi connectivity index (χ4v) is 2.43. The van der Waals surface area contributed by atoms with Gasteiger partial charge in [0.2, 0.25) is 5.95 Å². The summed E-state index contributed by atoms with van der Waals surface area (Å²) in [7, 11) is 3.75. The lowest BCUT2D eigenvalue weighted by atomic mass is 9.93. The Labute approximate surface area is 130 Å². The molecule has 6 heteroatoms. The van der Waals surface area contributed by atoms with Crippen LogP contribution >= 0.6 is 0 Å². The summed E-state index contributed by atoms with van der Waals surface area (Å²) in [6, 6.07) is 2.15. The van der Waals surface area contributed by atoms with Crippen LogP contribution in [0.3, 0.4) is 0 Å². The molecule has 0 atom stereocenters. The summed E-state index contributed by atoms with van der Waals surface area (Å²) >= 11 is 0.